The second-order valence-electron chi connectivity index (χ2n) is 9.27. The predicted octanol–water partition coefficient (Wildman–Crippen LogP) is 5.21. The van der Waals surface area contributed by atoms with E-state index in [9.17, 15) is 19.2 Å². The number of Topliss-reactive ketones (excluding diaryl/α,β-unsaturated/α-hetero) is 4. The molecule has 0 saturated heterocycles. The third kappa shape index (κ3) is 12.3. The molecule has 0 radical (unpaired) electrons. The molecule has 0 fully saturated rings. The molecule has 5 heteroatoms. The second kappa shape index (κ2) is 13.4. The number of hydrogen-bond donors (Lipinski definition) is 0. The quantitative estimate of drug-likeness (QED) is 0.394. The molecule has 0 aliphatic rings. The standard InChI is InChI=1S/2C11H20O2.Ni/c2*1-6-7-8(2)9(12)10(13)11(3,4)5;/h2*8H,6-7H2,1-5H3;. The van der Waals surface area contributed by atoms with Crippen molar-refractivity contribution in [2.45, 2.75) is 94.9 Å². The number of rotatable bonds is 8. The van der Waals surface area contributed by atoms with E-state index >= 15 is 0 Å². The van der Waals surface area contributed by atoms with Gasteiger partial charge in [0.05, 0.1) is 0 Å². The van der Waals surface area contributed by atoms with Crippen molar-refractivity contribution in [2.24, 2.45) is 22.7 Å². The first-order chi connectivity index (χ1) is 11.6. The summed E-state index contributed by atoms with van der Waals surface area (Å²) in [6.07, 6.45) is 3.51. The maximum absolute atomic E-state index is 11.5. The molecule has 0 bridgehead atoms. The van der Waals surface area contributed by atoms with Crippen LogP contribution < -0.4 is 0 Å². The Bertz CT molecular complexity index is 449. The topological polar surface area (TPSA) is 68.3 Å². The molecule has 0 saturated carbocycles. The van der Waals surface area contributed by atoms with Gasteiger partial charge in [0.2, 0.25) is 23.1 Å². The van der Waals surface area contributed by atoms with Gasteiger partial charge in [-0.15, -0.1) is 0 Å². The van der Waals surface area contributed by atoms with Gasteiger partial charge in [-0.25, -0.2) is 0 Å². The number of carbonyl (C=O) groups excluding carboxylic acids is 4. The minimum absolute atomic E-state index is 0. The van der Waals surface area contributed by atoms with Crippen LogP contribution in [0.3, 0.4) is 0 Å². The summed E-state index contributed by atoms with van der Waals surface area (Å²) in [5.41, 5.74) is -1.06. The van der Waals surface area contributed by atoms with Crippen molar-refractivity contribution in [3.05, 3.63) is 0 Å². The van der Waals surface area contributed by atoms with E-state index in [1.165, 1.54) is 0 Å². The minimum Gasteiger partial charge on any atom is -0.291 e. The van der Waals surface area contributed by atoms with Crippen LogP contribution in [0.5, 0.6) is 0 Å². The summed E-state index contributed by atoms with van der Waals surface area (Å²) in [6.45, 7) is 18.4. The summed E-state index contributed by atoms with van der Waals surface area (Å²) in [5, 5.41) is 0. The van der Waals surface area contributed by atoms with E-state index in [0.29, 0.717) is 0 Å². The summed E-state index contributed by atoms with van der Waals surface area (Å²) < 4.78 is 0. The van der Waals surface area contributed by atoms with E-state index in [2.05, 4.69) is 0 Å². The van der Waals surface area contributed by atoms with Crippen LogP contribution in [-0.2, 0) is 35.7 Å². The summed E-state index contributed by atoms with van der Waals surface area (Å²) in [5.74, 6) is -1.14. The molecular weight excluding hydrogens is 387 g/mol. The SMILES string of the molecule is CCCC(C)C(=O)C(=O)C(C)(C)C.CCCC(C)C(=O)C(=O)C(C)(C)C.[Ni]. The van der Waals surface area contributed by atoms with Gasteiger partial charge in [0.25, 0.3) is 0 Å². The van der Waals surface area contributed by atoms with E-state index in [-0.39, 0.29) is 51.5 Å². The van der Waals surface area contributed by atoms with E-state index in [1.807, 2.05) is 27.7 Å². The van der Waals surface area contributed by atoms with Gasteiger partial charge in [-0.2, -0.15) is 0 Å². The largest absolute Gasteiger partial charge is 0.291 e. The fourth-order valence-corrected chi connectivity index (χ4v) is 2.31. The summed E-state index contributed by atoms with van der Waals surface area (Å²) in [7, 11) is 0. The van der Waals surface area contributed by atoms with Crippen molar-refractivity contribution in [3.63, 3.8) is 0 Å². The van der Waals surface area contributed by atoms with Gasteiger partial charge in [0, 0.05) is 39.2 Å². The van der Waals surface area contributed by atoms with Gasteiger partial charge >= 0.3 is 0 Å². The van der Waals surface area contributed by atoms with Crippen LogP contribution in [0.15, 0.2) is 0 Å². The normalized spacial score (nSPS) is 13.4. The van der Waals surface area contributed by atoms with Crippen molar-refractivity contribution in [3.8, 4) is 0 Å². The van der Waals surface area contributed by atoms with Gasteiger partial charge in [-0.05, 0) is 12.8 Å². The molecule has 0 N–H and O–H groups in total. The average molecular weight is 427 g/mol. The molecule has 4 nitrogen and oxygen atoms in total. The predicted molar refractivity (Wildman–Crippen MR) is 107 cm³/mol. The van der Waals surface area contributed by atoms with Gasteiger partial charge in [-0.3, -0.25) is 19.2 Å². The Kier molecular flexibility index (Phi) is 15.3. The molecule has 2 unspecified atom stereocenters. The molecule has 0 heterocycles. The summed E-state index contributed by atoms with van der Waals surface area (Å²) in [4.78, 5) is 46.1. The molecule has 0 aliphatic heterocycles. The molecule has 0 aromatic carbocycles. The van der Waals surface area contributed by atoms with Crippen LogP contribution in [0.4, 0.5) is 0 Å². The van der Waals surface area contributed by atoms with Crippen LogP contribution >= 0.6 is 0 Å². The van der Waals surface area contributed by atoms with Crippen LogP contribution in [0.1, 0.15) is 94.9 Å². The van der Waals surface area contributed by atoms with Crippen molar-refractivity contribution < 1.29 is 35.7 Å². The third-order valence-electron chi connectivity index (χ3n) is 4.15. The second-order valence-corrected chi connectivity index (χ2v) is 9.27. The molecule has 0 spiro atoms. The fourth-order valence-electron chi connectivity index (χ4n) is 2.31. The Morgan fingerprint density at radius 1 is 0.630 bits per heavy atom. The molecule has 27 heavy (non-hydrogen) atoms. The van der Waals surface area contributed by atoms with Gasteiger partial charge in [0.1, 0.15) is 0 Å². The van der Waals surface area contributed by atoms with Crippen molar-refractivity contribution in [1.29, 1.82) is 0 Å². The summed E-state index contributed by atoms with van der Waals surface area (Å²) in [6, 6.07) is 0. The summed E-state index contributed by atoms with van der Waals surface area (Å²) >= 11 is 0. The molecule has 162 valence electrons. The number of ketones is 4. The Balaban J connectivity index is -0.000000411. The Morgan fingerprint density at radius 2 is 0.852 bits per heavy atom. The maximum atomic E-state index is 11.5. The van der Waals surface area contributed by atoms with E-state index in [0.717, 1.165) is 25.7 Å². The van der Waals surface area contributed by atoms with Crippen LogP contribution in [-0.4, -0.2) is 23.1 Å². The molecule has 0 amide bonds. The van der Waals surface area contributed by atoms with Crippen LogP contribution in [0.2, 0.25) is 0 Å². The first-order valence-electron chi connectivity index (χ1n) is 9.78. The zero-order chi connectivity index (χ0) is 21.3. The minimum atomic E-state index is -0.529. The third-order valence-corrected chi connectivity index (χ3v) is 4.15. The molecule has 0 aromatic heterocycles. The first-order valence-corrected chi connectivity index (χ1v) is 9.78. The first kappa shape index (κ1) is 30.9. The van der Waals surface area contributed by atoms with Crippen LogP contribution in [0, 0.1) is 22.7 Å². The van der Waals surface area contributed by atoms with Gasteiger partial charge < -0.3 is 0 Å². The Morgan fingerprint density at radius 3 is 1.00 bits per heavy atom. The Hall–Kier alpha value is -0.826. The van der Waals surface area contributed by atoms with Crippen LogP contribution in [0.25, 0.3) is 0 Å². The molecule has 0 rings (SSSR count). The average Bonchev–Trinajstić information content (AvgIpc) is 2.51. The van der Waals surface area contributed by atoms with Crippen molar-refractivity contribution in [2.75, 3.05) is 0 Å². The monoisotopic (exact) mass is 426 g/mol. The fraction of sp³-hybridized carbons (Fsp3) is 0.818. The molecule has 2 atom stereocenters. The van der Waals surface area contributed by atoms with E-state index < -0.39 is 10.8 Å². The number of carbonyl (C=O) groups is 4. The Labute approximate surface area is 176 Å². The molecule has 0 aromatic rings. The van der Waals surface area contributed by atoms with E-state index in [4.69, 9.17) is 0 Å². The van der Waals surface area contributed by atoms with Crippen molar-refractivity contribution >= 4 is 23.1 Å². The van der Waals surface area contributed by atoms with Gasteiger partial charge in [0.15, 0.2) is 0 Å². The zero-order valence-electron chi connectivity index (χ0n) is 18.9. The van der Waals surface area contributed by atoms with E-state index in [1.54, 1.807) is 41.5 Å². The smallest absolute Gasteiger partial charge is 0.203 e. The molecular formula is C22H40NiO4. The maximum Gasteiger partial charge on any atom is 0.203 e. The number of hydrogen-bond acceptors (Lipinski definition) is 4. The zero-order valence-corrected chi connectivity index (χ0v) is 19.9. The molecule has 0 aliphatic carbocycles. The van der Waals surface area contributed by atoms with Gasteiger partial charge in [-0.1, -0.05) is 82.1 Å². The van der Waals surface area contributed by atoms with Crippen molar-refractivity contribution in [1.82, 2.24) is 0 Å².